The fourth-order valence-corrected chi connectivity index (χ4v) is 16.7. The van der Waals surface area contributed by atoms with Crippen LogP contribution in [0.15, 0.2) is 0 Å². The summed E-state index contributed by atoms with van der Waals surface area (Å²) in [5.74, 6) is 2.13. The highest BCUT2D eigenvalue weighted by atomic mass is 33.8. The number of hydrogen-bond acceptors (Lipinski definition) is 11. The highest BCUT2D eigenvalue weighted by Gasteiger charge is 2.39. The van der Waals surface area contributed by atoms with Gasteiger partial charge >= 0.3 is 17.6 Å². The Morgan fingerprint density at radius 3 is 1.32 bits per heavy atom. The summed E-state index contributed by atoms with van der Waals surface area (Å²) in [6.07, 6.45) is 4.04. The standard InChI is InChI=1S/C18H42O6S5Si2/c1-7-13-23-30(19-5,21-9-3)17-11-15-25-27-29-28-26-16-12-18-31(20-6,22-10-4)24-14-8-2/h7-18H2,1-6H3. The lowest BCUT2D eigenvalue weighted by atomic mass is 10.5. The Bertz CT molecular complexity index is 374. The van der Waals surface area contributed by atoms with Gasteiger partial charge in [0.1, 0.15) is 0 Å². The Labute approximate surface area is 211 Å². The first-order valence-corrected chi connectivity index (χ1v) is 21.3. The van der Waals surface area contributed by atoms with Gasteiger partial charge < -0.3 is 26.6 Å². The molecule has 2 unspecified atom stereocenters. The Morgan fingerprint density at radius 1 is 0.581 bits per heavy atom. The molecule has 0 radical (unpaired) electrons. The summed E-state index contributed by atoms with van der Waals surface area (Å²) in [4.78, 5) is 0. The van der Waals surface area contributed by atoms with Crippen LogP contribution in [0, 0.1) is 0 Å². The van der Waals surface area contributed by atoms with Gasteiger partial charge in [0.15, 0.2) is 0 Å². The van der Waals surface area contributed by atoms with Crippen LogP contribution in [0.25, 0.3) is 0 Å². The maximum atomic E-state index is 5.96. The van der Waals surface area contributed by atoms with Crippen molar-refractivity contribution in [1.29, 1.82) is 0 Å². The first-order valence-electron chi connectivity index (χ1n) is 11.0. The van der Waals surface area contributed by atoms with Crippen molar-refractivity contribution in [2.24, 2.45) is 0 Å². The van der Waals surface area contributed by atoms with Crippen molar-refractivity contribution >= 4 is 68.7 Å². The fourth-order valence-electron chi connectivity index (χ4n) is 2.58. The van der Waals surface area contributed by atoms with Crippen LogP contribution in [0.2, 0.25) is 12.1 Å². The highest BCUT2D eigenvalue weighted by molar-refractivity contribution is 9.35. The Kier molecular flexibility index (Phi) is 23.8. The molecule has 0 spiro atoms. The molecule has 6 nitrogen and oxygen atoms in total. The molecule has 0 rings (SSSR count). The molecule has 0 amide bonds. The molecule has 0 N–H and O–H groups in total. The molecule has 31 heavy (non-hydrogen) atoms. The molecule has 0 fully saturated rings. The van der Waals surface area contributed by atoms with Gasteiger partial charge in [-0.3, -0.25) is 0 Å². The predicted octanol–water partition coefficient (Wildman–Crippen LogP) is 7.19. The van der Waals surface area contributed by atoms with Crippen molar-refractivity contribution in [3.8, 4) is 0 Å². The SMILES string of the molecule is CCCO[Si](CCCSSSSSCCC[Si](OC)(OCC)OCCC)(OC)OCC. The zero-order chi connectivity index (χ0) is 23.3. The van der Waals surface area contributed by atoms with E-state index in [1.54, 1.807) is 14.2 Å². The first kappa shape index (κ1) is 32.9. The Hall–Kier alpha value is 1.94. The monoisotopic (exact) mass is 570 g/mol. The highest BCUT2D eigenvalue weighted by Crippen LogP contribution is 2.49. The first-order chi connectivity index (χ1) is 15.1. The lowest BCUT2D eigenvalue weighted by Gasteiger charge is -2.27. The molecule has 0 aliphatic heterocycles. The van der Waals surface area contributed by atoms with Crippen LogP contribution in [0.4, 0.5) is 0 Å². The van der Waals surface area contributed by atoms with Crippen molar-refractivity contribution in [3.05, 3.63) is 0 Å². The summed E-state index contributed by atoms with van der Waals surface area (Å²) >= 11 is 0. The molecule has 0 aliphatic rings. The molecule has 0 aliphatic carbocycles. The molecule has 13 heteroatoms. The van der Waals surface area contributed by atoms with E-state index in [1.807, 2.05) is 64.9 Å². The lowest BCUT2D eigenvalue weighted by Crippen LogP contribution is -2.45. The van der Waals surface area contributed by atoms with Crippen LogP contribution < -0.4 is 0 Å². The van der Waals surface area contributed by atoms with Crippen molar-refractivity contribution in [3.63, 3.8) is 0 Å². The third-order valence-electron chi connectivity index (χ3n) is 3.98. The van der Waals surface area contributed by atoms with E-state index >= 15 is 0 Å². The van der Waals surface area contributed by atoms with Crippen LogP contribution in [0.1, 0.15) is 53.4 Å². The van der Waals surface area contributed by atoms with Crippen LogP contribution in [0.3, 0.4) is 0 Å². The molecule has 0 aromatic heterocycles. The van der Waals surface area contributed by atoms with Gasteiger partial charge in [-0.05, 0) is 69.0 Å². The molecule has 2 atom stereocenters. The summed E-state index contributed by atoms with van der Waals surface area (Å²) < 4.78 is 35.0. The predicted molar refractivity (Wildman–Crippen MR) is 148 cm³/mol. The smallest absolute Gasteiger partial charge is 0.377 e. The van der Waals surface area contributed by atoms with Gasteiger partial charge in [-0.15, -0.1) is 0 Å². The Morgan fingerprint density at radius 2 is 1.00 bits per heavy atom. The molecule has 188 valence electrons. The van der Waals surface area contributed by atoms with E-state index in [2.05, 4.69) is 13.8 Å². The van der Waals surface area contributed by atoms with Gasteiger partial charge in [-0.1, -0.05) is 35.4 Å². The average Bonchev–Trinajstić information content (AvgIpc) is 2.79. The quantitative estimate of drug-likeness (QED) is 0.0673. The second-order valence-electron chi connectivity index (χ2n) is 6.39. The molecular formula is C18H42O6S5Si2. The van der Waals surface area contributed by atoms with Crippen molar-refractivity contribution in [1.82, 2.24) is 0 Å². The van der Waals surface area contributed by atoms with E-state index < -0.39 is 17.6 Å². The molecule has 0 aromatic rings. The summed E-state index contributed by atoms with van der Waals surface area (Å²) in [5, 5.41) is 0. The van der Waals surface area contributed by atoms with Gasteiger partial charge in [0, 0.05) is 64.2 Å². The number of rotatable bonds is 24. The molecule has 0 bridgehead atoms. The van der Waals surface area contributed by atoms with Gasteiger partial charge in [-0.2, -0.15) is 0 Å². The van der Waals surface area contributed by atoms with Gasteiger partial charge in [0.05, 0.1) is 0 Å². The van der Waals surface area contributed by atoms with Crippen LogP contribution >= 0.6 is 51.1 Å². The largest absolute Gasteiger partial charge is 0.500 e. The summed E-state index contributed by atoms with van der Waals surface area (Å²) in [5.41, 5.74) is 0. The van der Waals surface area contributed by atoms with E-state index in [1.165, 1.54) is 0 Å². The maximum absolute atomic E-state index is 5.96. The summed E-state index contributed by atoms with van der Waals surface area (Å²) in [6.45, 7) is 10.9. The van der Waals surface area contributed by atoms with Crippen LogP contribution in [-0.4, -0.2) is 69.8 Å². The fraction of sp³-hybridized carbons (Fsp3) is 1.00. The summed E-state index contributed by atoms with van der Waals surface area (Å²) in [7, 11) is 7.72. The Balaban J connectivity index is 3.86. The van der Waals surface area contributed by atoms with E-state index in [9.17, 15) is 0 Å². The van der Waals surface area contributed by atoms with Crippen LogP contribution in [-0.2, 0) is 26.6 Å². The molecule has 0 saturated carbocycles. The van der Waals surface area contributed by atoms with Gasteiger partial charge in [-0.25, -0.2) is 0 Å². The maximum Gasteiger partial charge on any atom is 0.500 e. The minimum absolute atomic E-state index is 0.638. The lowest BCUT2D eigenvalue weighted by molar-refractivity contribution is 0.0812. The van der Waals surface area contributed by atoms with Gasteiger partial charge in [0.2, 0.25) is 0 Å². The third-order valence-corrected chi connectivity index (χ3v) is 18.8. The zero-order valence-electron chi connectivity index (χ0n) is 20.0. The van der Waals surface area contributed by atoms with E-state index in [0.29, 0.717) is 26.4 Å². The van der Waals surface area contributed by atoms with Crippen molar-refractivity contribution in [2.45, 2.75) is 65.5 Å². The molecule has 0 aromatic carbocycles. The summed E-state index contributed by atoms with van der Waals surface area (Å²) in [6, 6.07) is 1.76. The van der Waals surface area contributed by atoms with Gasteiger partial charge in [0.25, 0.3) is 0 Å². The second kappa shape index (κ2) is 22.4. The molecule has 0 saturated heterocycles. The minimum Gasteiger partial charge on any atom is -0.377 e. The second-order valence-corrected chi connectivity index (χ2v) is 20.1. The van der Waals surface area contributed by atoms with E-state index in [0.717, 1.165) is 49.3 Å². The topological polar surface area (TPSA) is 55.4 Å². The minimum atomic E-state index is -2.48. The third kappa shape index (κ3) is 16.3. The zero-order valence-corrected chi connectivity index (χ0v) is 26.1. The van der Waals surface area contributed by atoms with Crippen molar-refractivity contribution in [2.75, 3.05) is 52.2 Å². The molecule has 0 heterocycles. The normalized spacial score (nSPS) is 15.7. The average molecular weight is 571 g/mol. The molecular weight excluding hydrogens is 529 g/mol. The van der Waals surface area contributed by atoms with Crippen LogP contribution in [0.5, 0.6) is 0 Å². The van der Waals surface area contributed by atoms with E-state index in [4.69, 9.17) is 26.6 Å². The number of hydrogen-bond donors (Lipinski definition) is 0. The van der Waals surface area contributed by atoms with Crippen molar-refractivity contribution < 1.29 is 26.6 Å². The van der Waals surface area contributed by atoms with E-state index in [-0.39, 0.29) is 0 Å².